The lowest BCUT2D eigenvalue weighted by atomic mass is 10.2. The van der Waals surface area contributed by atoms with Crippen LogP contribution in [0.3, 0.4) is 0 Å². The van der Waals surface area contributed by atoms with Crippen molar-refractivity contribution in [3.8, 4) is 0 Å². The summed E-state index contributed by atoms with van der Waals surface area (Å²) in [7, 11) is 2.60. The summed E-state index contributed by atoms with van der Waals surface area (Å²) in [6, 6.07) is 7.07. The van der Waals surface area contributed by atoms with Gasteiger partial charge in [0.05, 0.1) is 24.9 Å². The molecule has 1 rings (SSSR count). The molecule has 0 bridgehead atoms. The number of carbonyl (C=O) groups is 1. The fourth-order valence-electron chi connectivity index (χ4n) is 1.64. The number of nitrogens with one attached hydrogen (secondary N) is 1. The molecule has 0 aromatic heterocycles. The predicted molar refractivity (Wildman–Crippen MR) is 82.6 cm³/mol. The zero-order valence-electron chi connectivity index (χ0n) is 12.7. The molecule has 8 heteroatoms. The third-order valence-corrected chi connectivity index (χ3v) is 4.37. The minimum absolute atomic E-state index is 0.00321. The Hall–Kier alpha value is -1.80. The smallest absolute Gasteiger partial charge is 0.306 e. The van der Waals surface area contributed by atoms with Gasteiger partial charge in [-0.2, -0.15) is 12.7 Å². The lowest BCUT2D eigenvalue weighted by molar-refractivity contribution is -0.140. The van der Waals surface area contributed by atoms with Crippen LogP contribution in [0.25, 0.3) is 0 Å². The Morgan fingerprint density at radius 1 is 1.24 bits per heavy atom. The number of hydrogen-bond donors (Lipinski definition) is 1. The van der Waals surface area contributed by atoms with Crippen LogP contribution in [-0.2, 0) is 19.7 Å². The van der Waals surface area contributed by atoms with Crippen LogP contribution in [0.15, 0.2) is 24.3 Å². The van der Waals surface area contributed by atoms with E-state index < -0.39 is 16.2 Å². The molecule has 1 aromatic rings. The van der Waals surface area contributed by atoms with Gasteiger partial charge < -0.3 is 9.64 Å². The van der Waals surface area contributed by atoms with Gasteiger partial charge in [0.1, 0.15) is 0 Å². The molecule has 0 fully saturated rings. The Morgan fingerprint density at radius 3 is 2.43 bits per heavy atom. The molecular weight excluding hydrogens is 294 g/mol. The number of esters is 1. The first-order chi connectivity index (χ1) is 9.77. The average Bonchev–Trinajstić information content (AvgIpc) is 2.44. The van der Waals surface area contributed by atoms with Crippen molar-refractivity contribution in [1.29, 1.82) is 0 Å². The van der Waals surface area contributed by atoms with E-state index in [1.165, 1.54) is 14.2 Å². The van der Waals surface area contributed by atoms with E-state index in [2.05, 4.69) is 9.46 Å². The Balaban J connectivity index is 2.83. The fourth-order valence-corrected chi connectivity index (χ4v) is 2.58. The fraction of sp³-hybridized carbons (Fsp3) is 0.462. The third-order valence-electron chi connectivity index (χ3n) is 2.89. The molecule has 118 valence electrons. The van der Waals surface area contributed by atoms with Crippen LogP contribution in [-0.4, -0.2) is 53.5 Å². The average molecular weight is 315 g/mol. The number of nitrogens with zero attached hydrogens (tertiary/aromatic N) is 2. The normalized spacial score (nSPS) is 11.3. The van der Waals surface area contributed by atoms with Gasteiger partial charge in [-0.3, -0.25) is 9.52 Å². The molecule has 0 unspecified atom stereocenters. The van der Waals surface area contributed by atoms with E-state index in [9.17, 15) is 13.2 Å². The number of rotatable bonds is 7. The first-order valence-electron chi connectivity index (χ1n) is 6.35. The van der Waals surface area contributed by atoms with E-state index in [1.807, 2.05) is 31.1 Å². The topological polar surface area (TPSA) is 78.9 Å². The van der Waals surface area contributed by atoms with Crippen LogP contribution in [0.2, 0.25) is 0 Å². The summed E-state index contributed by atoms with van der Waals surface area (Å²) in [5.74, 6) is -0.453. The molecule has 0 aliphatic rings. The number of hydrogen-bond acceptors (Lipinski definition) is 5. The SMILES string of the molecule is COC(=O)CCN(C)S(=O)(=O)Nc1ccccc1N(C)C. The van der Waals surface area contributed by atoms with Gasteiger partial charge in [0.25, 0.3) is 0 Å². The molecule has 0 amide bonds. The van der Waals surface area contributed by atoms with Gasteiger partial charge in [-0.15, -0.1) is 0 Å². The second-order valence-electron chi connectivity index (χ2n) is 4.67. The second-order valence-corrected chi connectivity index (χ2v) is 6.44. The Morgan fingerprint density at radius 2 is 1.86 bits per heavy atom. The molecule has 0 atom stereocenters. The molecule has 7 nitrogen and oxygen atoms in total. The van der Waals surface area contributed by atoms with Crippen LogP contribution in [0.5, 0.6) is 0 Å². The van der Waals surface area contributed by atoms with E-state index in [0.717, 1.165) is 9.99 Å². The van der Waals surface area contributed by atoms with Crippen LogP contribution >= 0.6 is 0 Å². The van der Waals surface area contributed by atoms with E-state index >= 15 is 0 Å². The van der Waals surface area contributed by atoms with Crippen molar-refractivity contribution < 1.29 is 17.9 Å². The molecular formula is C13H21N3O4S. The maximum absolute atomic E-state index is 12.2. The molecule has 0 heterocycles. The molecule has 21 heavy (non-hydrogen) atoms. The highest BCUT2D eigenvalue weighted by Crippen LogP contribution is 2.24. The first kappa shape index (κ1) is 17.3. The van der Waals surface area contributed by atoms with Crippen molar-refractivity contribution in [2.75, 3.05) is 44.4 Å². The van der Waals surface area contributed by atoms with Crippen LogP contribution < -0.4 is 9.62 Å². The summed E-state index contributed by atoms with van der Waals surface area (Å²) in [5, 5.41) is 0. The number of methoxy groups -OCH3 is 1. The van der Waals surface area contributed by atoms with Gasteiger partial charge >= 0.3 is 16.2 Å². The van der Waals surface area contributed by atoms with E-state index in [1.54, 1.807) is 12.1 Å². The molecule has 1 aromatic carbocycles. The Bertz CT molecular complexity index is 587. The van der Waals surface area contributed by atoms with E-state index in [0.29, 0.717) is 5.69 Å². The van der Waals surface area contributed by atoms with Gasteiger partial charge in [-0.25, -0.2) is 0 Å². The first-order valence-corrected chi connectivity index (χ1v) is 7.79. The number of benzene rings is 1. The highest BCUT2D eigenvalue weighted by Gasteiger charge is 2.20. The molecule has 0 aliphatic carbocycles. The Kier molecular flexibility index (Phi) is 5.98. The summed E-state index contributed by atoms with van der Waals surface area (Å²) in [5.41, 5.74) is 1.23. The van der Waals surface area contributed by atoms with Crippen molar-refractivity contribution in [3.63, 3.8) is 0 Å². The van der Waals surface area contributed by atoms with Gasteiger partial charge in [-0.1, -0.05) is 12.1 Å². The van der Waals surface area contributed by atoms with Crippen molar-refractivity contribution in [2.45, 2.75) is 6.42 Å². The monoisotopic (exact) mass is 315 g/mol. The lowest BCUT2D eigenvalue weighted by Gasteiger charge is -2.21. The van der Waals surface area contributed by atoms with Crippen molar-refractivity contribution >= 4 is 27.6 Å². The zero-order valence-corrected chi connectivity index (χ0v) is 13.5. The summed E-state index contributed by atoms with van der Waals surface area (Å²) < 4.78 is 32.5. The van der Waals surface area contributed by atoms with Crippen LogP contribution in [0.1, 0.15) is 6.42 Å². The molecule has 0 spiro atoms. The van der Waals surface area contributed by atoms with Gasteiger partial charge in [0.2, 0.25) is 0 Å². The Labute approximate surface area is 125 Å². The number of carbonyl (C=O) groups excluding carboxylic acids is 1. The minimum Gasteiger partial charge on any atom is -0.469 e. The third kappa shape index (κ3) is 4.91. The van der Waals surface area contributed by atoms with E-state index in [4.69, 9.17) is 0 Å². The van der Waals surface area contributed by atoms with Crippen LogP contribution in [0, 0.1) is 0 Å². The maximum Gasteiger partial charge on any atom is 0.306 e. The summed E-state index contributed by atoms with van der Waals surface area (Å²) >= 11 is 0. The lowest BCUT2D eigenvalue weighted by Crippen LogP contribution is -2.34. The maximum atomic E-state index is 12.2. The van der Waals surface area contributed by atoms with Gasteiger partial charge in [0.15, 0.2) is 0 Å². The molecule has 0 saturated heterocycles. The standard InChI is InChI=1S/C13H21N3O4S/c1-15(2)12-8-6-5-7-11(12)14-21(18,19)16(3)10-9-13(17)20-4/h5-8,14H,9-10H2,1-4H3. The summed E-state index contributed by atoms with van der Waals surface area (Å²) in [4.78, 5) is 12.9. The number of para-hydroxylation sites is 2. The van der Waals surface area contributed by atoms with Crippen LogP contribution in [0.4, 0.5) is 11.4 Å². The zero-order chi connectivity index (χ0) is 16.0. The van der Waals surface area contributed by atoms with Crippen molar-refractivity contribution in [3.05, 3.63) is 24.3 Å². The van der Waals surface area contributed by atoms with Gasteiger partial charge in [0, 0.05) is 27.7 Å². The second kappa shape index (κ2) is 7.28. The minimum atomic E-state index is -3.72. The highest BCUT2D eigenvalue weighted by molar-refractivity contribution is 7.90. The predicted octanol–water partition coefficient (Wildman–Crippen LogP) is 0.904. The number of ether oxygens (including phenoxy) is 1. The molecule has 0 saturated carbocycles. The van der Waals surface area contributed by atoms with E-state index in [-0.39, 0.29) is 13.0 Å². The summed E-state index contributed by atoms with van der Waals surface area (Å²) in [6.45, 7) is 0.0478. The van der Waals surface area contributed by atoms with Gasteiger partial charge in [-0.05, 0) is 12.1 Å². The quantitative estimate of drug-likeness (QED) is 0.757. The van der Waals surface area contributed by atoms with Crippen molar-refractivity contribution in [1.82, 2.24) is 4.31 Å². The highest BCUT2D eigenvalue weighted by atomic mass is 32.2. The molecule has 1 N–H and O–H groups in total. The summed E-state index contributed by atoms with van der Waals surface area (Å²) in [6.07, 6.45) is 0.00321. The van der Waals surface area contributed by atoms with Crippen molar-refractivity contribution in [2.24, 2.45) is 0 Å². The largest absolute Gasteiger partial charge is 0.469 e. The molecule has 0 aliphatic heterocycles. The molecule has 0 radical (unpaired) electrons. The number of anilines is 2.